The van der Waals surface area contributed by atoms with E-state index in [1.165, 1.54) is 0 Å². The van der Waals surface area contributed by atoms with E-state index in [2.05, 4.69) is 11.8 Å². The van der Waals surface area contributed by atoms with Gasteiger partial charge in [-0.05, 0) is 31.0 Å². The number of nitrogens with two attached hydrogens (primary N) is 1. The number of nitrogens with zero attached hydrogens (tertiary/aromatic N) is 1. The van der Waals surface area contributed by atoms with Gasteiger partial charge in [-0.25, -0.2) is 0 Å². The van der Waals surface area contributed by atoms with Gasteiger partial charge in [-0.15, -0.1) is 0 Å². The molecular weight excluding hydrogens is 267 g/mol. The van der Waals surface area contributed by atoms with Gasteiger partial charge in [0, 0.05) is 34.7 Å². The first kappa shape index (κ1) is 14.1. The van der Waals surface area contributed by atoms with Crippen LogP contribution in [0.3, 0.4) is 0 Å². The molecule has 0 aliphatic carbocycles. The van der Waals surface area contributed by atoms with Crippen LogP contribution < -0.4 is 5.73 Å². The second-order valence-corrected chi connectivity index (χ2v) is 5.87. The molecule has 100 valence electrons. The van der Waals surface area contributed by atoms with Gasteiger partial charge in [0.25, 0.3) is 0 Å². The van der Waals surface area contributed by atoms with Crippen molar-refractivity contribution in [2.75, 3.05) is 13.1 Å². The molecule has 1 fully saturated rings. The lowest BCUT2D eigenvalue weighted by Crippen LogP contribution is -2.46. The SMILES string of the molecule is CCC1CN(Cc2c(Cl)cccc2Cl)CCC1N. The molecule has 2 N–H and O–H groups in total. The zero-order valence-electron chi connectivity index (χ0n) is 10.7. The second-order valence-electron chi connectivity index (χ2n) is 5.06. The maximum Gasteiger partial charge on any atom is 0.0465 e. The molecule has 4 heteroatoms. The summed E-state index contributed by atoms with van der Waals surface area (Å²) in [7, 11) is 0. The first-order valence-corrected chi connectivity index (χ1v) is 7.28. The minimum Gasteiger partial charge on any atom is -0.327 e. The predicted molar refractivity (Wildman–Crippen MR) is 78.1 cm³/mol. The molecule has 18 heavy (non-hydrogen) atoms. The zero-order valence-corrected chi connectivity index (χ0v) is 12.2. The van der Waals surface area contributed by atoms with E-state index >= 15 is 0 Å². The Bertz CT molecular complexity index is 389. The Morgan fingerprint density at radius 2 is 2.00 bits per heavy atom. The van der Waals surface area contributed by atoms with Crippen molar-refractivity contribution in [2.24, 2.45) is 11.7 Å². The standard InChI is InChI=1S/C14H20Cl2N2/c1-2-10-8-18(7-6-14(10)17)9-11-12(15)4-3-5-13(11)16/h3-5,10,14H,2,6-9,17H2,1H3. The molecule has 2 nitrogen and oxygen atoms in total. The number of rotatable bonds is 3. The first-order valence-electron chi connectivity index (χ1n) is 6.52. The summed E-state index contributed by atoms with van der Waals surface area (Å²) in [4.78, 5) is 2.41. The highest BCUT2D eigenvalue weighted by Gasteiger charge is 2.25. The zero-order chi connectivity index (χ0) is 13.1. The quantitative estimate of drug-likeness (QED) is 0.921. The molecule has 1 heterocycles. The minimum atomic E-state index is 0.341. The Labute approximate surface area is 119 Å². The van der Waals surface area contributed by atoms with Crippen LogP contribution >= 0.6 is 23.2 Å². The van der Waals surface area contributed by atoms with E-state index in [4.69, 9.17) is 28.9 Å². The van der Waals surface area contributed by atoms with Crippen LogP contribution in [0.4, 0.5) is 0 Å². The van der Waals surface area contributed by atoms with E-state index in [-0.39, 0.29) is 0 Å². The fraction of sp³-hybridized carbons (Fsp3) is 0.571. The Morgan fingerprint density at radius 3 is 2.61 bits per heavy atom. The van der Waals surface area contributed by atoms with Gasteiger partial charge in [-0.2, -0.15) is 0 Å². The van der Waals surface area contributed by atoms with E-state index in [0.717, 1.165) is 48.1 Å². The molecule has 2 unspecified atom stereocenters. The van der Waals surface area contributed by atoms with E-state index in [1.807, 2.05) is 18.2 Å². The topological polar surface area (TPSA) is 29.3 Å². The summed E-state index contributed by atoms with van der Waals surface area (Å²) >= 11 is 12.4. The van der Waals surface area contributed by atoms with Crippen LogP contribution in [0.2, 0.25) is 10.0 Å². The fourth-order valence-electron chi connectivity index (χ4n) is 2.61. The highest BCUT2D eigenvalue weighted by molar-refractivity contribution is 6.35. The molecular formula is C14H20Cl2N2. The fourth-order valence-corrected chi connectivity index (χ4v) is 3.13. The third-order valence-corrected chi connectivity index (χ3v) is 4.55. The third kappa shape index (κ3) is 3.18. The van der Waals surface area contributed by atoms with Gasteiger partial charge in [0.2, 0.25) is 0 Å². The van der Waals surface area contributed by atoms with Crippen LogP contribution in [0.15, 0.2) is 18.2 Å². The molecule has 1 aromatic rings. The Hall–Kier alpha value is -0.280. The molecule has 0 radical (unpaired) electrons. The Kier molecular flexibility index (Phi) is 4.91. The van der Waals surface area contributed by atoms with E-state index in [9.17, 15) is 0 Å². The highest BCUT2D eigenvalue weighted by atomic mass is 35.5. The maximum absolute atomic E-state index is 6.21. The molecule has 2 atom stereocenters. The molecule has 0 spiro atoms. The molecule has 1 saturated heterocycles. The van der Waals surface area contributed by atoms with Gasteiger partial charge in [0.1, 0.15) is 0 Å². The predicted octanol–water partition coefficient (Wildman–Crippen LogP) is 3.55. The Balaban J connectivity index is 2.06. The molecule has 2 rings (SSSR count). The van der Waals surface area contributed by atoms with Crippen LogP contribution in [-0.4, -0.2) is 24.0 Å². The summed E-state index contributed by atoms with van der Waals surface area (Å²) in [6.07, 6.45) is 2.19. The van der Waals surface area contributed by atoms with Crippen LogP contribution in [0, 0.1) is 5.92 Å². The van der Waals surface area contributed by atoms with Gasteiger partial charge in [0.15, 0.2) is 0 Å². The van der Waals surface area contributed by atoms with Crippen molar-refractivity contribution < 1.29 is 0 Å². The third-order valence-electron chi connectivity index (χ3n) is 3.84. The second kappa shape index (κ2) is 6.25. The summed E-state index contributed by atoms with van der Waals surface area (Å²) in [5.41, 5.74) is 7.16. The molecule has 0 saturated carbocycles. The van der Waals surface area contributed by atoms with Gasteiger partial charge < -0.3 is 5.73 Å². The van der Waals surface area contributed by atoms with Gasteiger partial charge in [0.05, 0.1) is 0 Å². The lowest BCUT2D eigenvalue weighted by molar-refractivity contribution is 0.145. The largest absolute Gasteiger partial charge is 0.327 e. The van der Waals surface area contributed by atoms with Crippen LogP contribution in [0.25, 0.3) is 0 Å². The van der Waals surface area contributed by atoms with Crippen molar-refractivity contribution in [3.63, 3.8) is 0 Å². The lowest BCUT2D eigenvalue weighted by atomic mass is 9.90. The van der Waals surface area contributed by atoms with Crippen LogP contribution in [0.1, 0.15) is 25.3 Å². The highest BCUT2D eigenvalue weighted by Crippen LogP contribution is 2.28. The van der Waals surface area contributed by atoms with Gasteiger partial charge in [-0.1, -0.05) is 42.6 Å². The summed E-state index contributed by atoms with van der Waals surface area (Å²) in [5, 5.41) is 1.51. The lowest BCUT2D eigenvalue weighted by Gasteiger charge is -2.36. The van der Waals surface area contributed by atoms with Crippen LogP contribution in [-0.2, 0) is 6.54 Å². The number of halogens is 2. The molecule has 1 aliphatic heterocycles. The number of hydrogen-bond acceptors (Lipinski definition) is 2. The van der Waals surface area contributed by atoms with Crippen LogP contribution in [0.5, 0.6) is 0 Å². The average molecular weight is 287 g/mol. The Morgan fingerprint density at radius 1 is 1.33 bits per heavy atom. The van der Waals surface area contributed by atoms with Gasteiger partial charge >= 0.3 is 0 Å². The molecule has 0 aromatic heterocycles. The smallest absolute Gasteiger partial charge is 0.0465 e. The number of hydrogen-bond donors (Lipinski definition) is 1. The summed E-state index contributed by atoms with van der Waals surface area (Å²) in [5.74, 6) is 0.583. The number of likely N-dealkylation sites (tertiary alicyclic amines) is 1. The maximum atomic E-state index is 6.21. The minimum absolute atomic E-state index is 0.341. The van der Waals surface area contributed by atoms with Crippen molar-refractivity contribution in [1.29, 1.82) is 0 Å². The summed E-state index contributed by atoms with van der Waals surface area (Å²) in [6, 6.07) is 6.02. The van der Waals surface area contributed by atoms with E-state index in [1.54, 1.807) is 0 Å². The van der Waals surface area contributed by atoms with Gasteiger partial charge in [-0.3, -0.25) is 4.90 Å². The van der Waals surface area contributed by atoms with E-state index < -0.39 is 0 Å². The summed E-state index contributed by atoms with van der Waals surface area (Å²) in [6.45, 7) is 5.09. The molecule has 1 aliphatic rings. The molecule has 1 aromatic carbocycles. The van der Waals surface area contributed by atoms with Crippen molar-refractivity contribution >= 4 is 23.2 Å². The molecule has 0 bridgehead atoms. The van der Waals surface area contributed by atoms with Crippen molar-refractivity contribution in [3.8, 4) is 0 Å². The van der Waals surface area contributed by atoms with E-state index in [0.29, 0.717) is 12.0 Å². The number of piperidine rings is 1. The monoisotopic (exact) mass is 286 g/mol. The molecule has 0 amide bonds. The average Bonchev–Trinajstić information content (AvgIpc) is 2.36. The first-order chi connectivity index (χ1) is 8.61. The summed E-state index contributed by atoms with van der Waals surface area (Å²) < 4.78 is 0. The number of benzene rings is 1. The van der Waals surface area contributed by atoms with Crippen molar-refractivity contribution in [2.45, 2.75) is 32.4 Å². The van der Waals surface area contributed by atoms with Crippen molar-refractivity contribution in [1.82, 2.24) is 4.90 Å². The normalized spacial score (nSPS) is 25.3. The van der Waals surface area contributed by atoms with Crippen molar-refractivity contribution in [3.05, 3.63) is 33.8 Å².